The number of methoxy groups -OCH3 is 1. The highest BCUT2D eigenvalue weighted by atomic mass is 35.5. The molecular weight excluding hydrogens is 385 g/mol. The van der Waals surface area contributed by atoms with Gasteiger partial charge in [-0.25, -0.2) is 0 Å². The Balaban J connectivity index is 0.00000182. The average Bonchev–Trinajstić information content (AvgIpc) is 2.68. The van der Waals surface area contributed by atoms with Gasteiger partial charge in [0.25, 0.3) is 5.91 Å². The van der Waals surface area contributed by atoms with Gasteiger partial charge in [-0.3, -0.25) is 4.79 Å². The first-order chi connectivity index (χ1) is 12.2. The maximum Gasteiger partial charge on any atom is 0.251 e. The van der Waals surface area contributed by atoms with Gasteiger partial charge in [0.15, 0.2) is 0 Å². The molecule has 0 aliphatic carbocycles. The summed E-state index contributed by atoms with van der Waals surface area (Å²) in [4.78, 5) is 15.0. The number of carbonyl (C=O) groups is 1. The van der Waals surface area contributed by atoms with Crippen molar-refractivity contribution in [1.29, 1.82) is 0 Å². The summed E-state index contributed by atoms with van der Waals surface area (Å²) in [6.45, 7) is 5.60. The molecule has 0 bridgehead atoms. The Morgan fingerprint density at radius 1 is 1.11 bits per heavy atom. The number of anilines is 1. The molecule has 3 rings (SSSR count). The number of rotatable bonds is 6. The molecule has 0 spiro atoms. The van der Waals surface area contributed by atoms with E-state index in [1.165, 1.54) is 24.9 Å². The Morgan fingerprint density at radius 3 is 2.33 bits per heavy atom. The van der Waals surface area contributed by atoms with Crippen LogP contribution in [0.3, 0.4) is 0 Å². The molecule has 0 atom stereocenters. The topological polar surface area (TPSA) is 53.6 Å². The second-order valence-electron chi connectivity index (χ2n) is 7.46. The van der Waals surface area contributed by atoms with Crippen LogP contribution in [0.5, 0.6) is 0 Å². The van der Waals surface area contributed by atoms with E-state index in [9.17, 15) is 4.79 Å². The minimum atomic E-state index is 0. The van der Waals surface area contributed by atoms with Crippen LogP contribution in [-0.2, 0) is 4.74 Å². The van der Waals surface area contributed by atoms with Gasteiger partial charge in [0.2, 0.25) is 0 Å². The van der Waals surface area contributed by atoms with E-state index in [-0.39, 0.29) is 36.1 Å². The van der Waals surface area contributed by atoms with Crippen LogP contribution < -0.4 is 15.5 Å². The van der Waals surface area contributed by atoms with E-state index in [4.69, 9.17) is 4.74 Å². The number of hydrogen-bond acceptors (Lipinski definition) is 4. The second-order valence-corrected chi connectivity index (χ2v) is 7.46. The third-order valence-corrected chi connectivity index (χ3v) is 5.59. The number of piperidine rings is 2. The van der Waals surface area contributed by atoms with Crippen molar-refractivity contribution in [3.05, 3.63) is 29.8 Å². The van der Waals surface area contributed by atoms with Crippen LogP contribution in [0.15, 0.2) is 24.3 Å². The van der Waals surface area contributed by atoms with Gasteiger partial charge < -0.3 is 20.3 Å². The van der Waals surface area contributed by atoms with Crippen LogP contribution in [-0.4, -0.2) is 52.3 Å². The zero-order valence-corrected chi connectivity index (χ0v) is 17.8. The van der Waals surface area contributed by atoms with Crippen molar-refractivity contribution in [3.8, 4) is 0 Å². The van der Waals surface area contributed by atoms with Gasteiger partial charge in [0.1, 0.15) is 0 Å². The lowest BCUT2D eigenvalue weighted by atomic mass is 9.79. The first kappa shape index (κ1) is 24.0. The lowest BCUT2D eigenvalue weighted by Gasteiger charge is -2.37. The van der Waals surface area contributed by atoms with Gasteiger partial charge in [0.05, 0.1) is 6.61 Å². The molecule has 27 heavy (non-hydrogen) atoms. The van der Waals surface area contributed by atoms with Crippen LogP contribution in [0.1, 0.15) is 42.5 Å². The number of hydrogen-bond donors (Lipinski definition) is 2. The van der Waals surface area contributed by atoms with Crippen molar-refractivity contribution >= 4 is 36.4 Å². The highest BCUT2D eigenvalue weighted by Gasteiger charge is 2.32. The Bertz CT molecular complexity index is 551. The molecule has 1 aromatic carbocycles. The molecule has 2 fully saturated rings. The summed E-state index contributed by atoms with van der Waals surface area (Å²) < 4.78 is 5.42. The van der Waals surface area contributed by atoms with Gasteiger partial charge in [0, 0.05) is 43.4 Å². The van der Waals surface area contributed by atoms with Gasteiger partial charge in [-0.2, -0.15) is 0 Å². The highest BCUT2D eigenvalue weighted by molar-refractivity contribution is 5.94. The van der Waals surface area contributed by atoms with E-state index >= 15 is 0 Å². The number of nitrogens with one attached hydrogen (secondary N) is 2. The number of nitrogens with zero attached hydrogens (tertiary/aromatic N) is 1. The van der Waals surface area contributed by atoms with Crippen LogP contribution in [0.25, 0.3) is 0 Å². The lowest BCUT2D eigenvalue weighted by Crippen LogP contribution is -2.47. The van der Waals surface area contributed by atoms with Crippen molar-refractivity contribution in [3.63, 3.8) is 0 Å². The zero-order valence-electron chi connectivity index (χ0n) is 16.2. The van der Waals surface area contributed by atoms with E-state index in [2.05, 4.69) is 27.7 Å². The van der Waals surface area contributed by atoms with E-state index < -0.39 is 0 Å². The quantitative estimate of drug-likeness (QED) is 0.745. The third kappa shape index (κ3) is 6.53. The standard InChI is InChI=1S/C20H31N3O2.2ClH/c1-25-16-20(9-11-21-12-10-20)15-22-19(24)17-5-7-18(8-6-17)23-13-3-2-4-14-23;;/h5-8,21H,2-4,9-16H2,1H3,(H,22,24);2*1H. The fourth-order valence-corrected chi connectivity index (χ4v) is 3.98. The average molecular weight is 418 g/mol. The van der Waals surface area contributed by atoms with Crippen molar-refractivity contribution in [2.45, 2.75) is 32.1 Å². The predicted octanol–water partition coefficient (Wildman–Crippen LogP) is 3.27. The Kier molecular flexibility index (Phi) is 10.5. The maximum atomic E-state index is 12.5. The molecule has 0 saturated carbocycles. The first-order valence-electron chi connectivity index (χ1n) is 9.55. The summed E-state index contributed by atoms with van der Waals surface area (Å²) in [6.07, 6.45) is 5.93. The summed E-state index contributed by atoms with van der Waals surface area (Å²) in [7, 11) is 1.74. The molecule has 2 aliphatic rings. The van der Waals surface area contributed by atoms with E-state index in [1.54, 1.807) is 7.11 Å². The molecule has 2 N–H and O–H groups in total. The molecule has 2 saturated heterocycles. The van der Waals surface area contributed by atoms with Gasteiger partial charge in [-0.1, -0.05) is 0 Å². The predicted molar refractivity (Wildman–Crippen MR) is 116 cm³/mol. The monoisotopic (exact) mass is 417 g/mol. The fourth-order valence-electron chi connectivity index (χ4n) is 3.98. The Hall–Kier alpha value is -1.01. The maximum absolute atomic E-state index is 12.5. The SMILES string of the molecule is COCC1(CNC(=O)c2ccc(N3CCCCC3)cc2)CCNCC1.Cl.Cl. The minimum Gasteiger partial charge on any atom is -0.384 e. The van der Waals surface area contributed by atoms with E-state index in [0.29, 0.717) is 13.2 Å². The van der Waals surface area contributed by atoms with Crippen LogP contribution in [0, 0.1) is 5.41 Å². The molecule has 0 aromatic heterocycles. The molecule has 7 heteroatoms. The summed E-state index contributed by atoms with van der Waals surface area (Å²) in [5.41, 5.74) is 2.02. The molecule has 2 heterocycles. The van der Waals surface area contributed by atoms with Crippen LogP contribution in [0.4, 0.5) is 5.69 Å². The van der Waals surface area contributed by atoms with E-state index in [1.807, 2.05) is 12.1 Å². The summed E-state index contributed by atoms with van der Waals surface area (Å²) in [5, 5.41) is 6.51. The van der Waals surface area contributed by atoms with Gasteiger partial charge in [-0.15, -0.1) is 24.8 Å². The molecule has 2 aliphatic heterocycles. The van der Waals surface area contributed by atoms with Crippen molar-refractivity contribution in [1.82, 2.24) is 10.6 Å². The molecule has 5 nitrogen and oxygen atoms in total. The smallest absolute Gasteiger partial charge is 0.251 e. The third-order valence-electron chi connectivity index (χ3n) is 5.59. The van der Waals surface area contributed by atoms with E-state index in [0.717, 1.165) is 44.6 Å². The largest absolute Gasteiger partial charge is 0.384 e. The molecule has 0 radical (unpaired) electrons. The first-order valence-corrected chi connectivity index (χ1v) is 9.55. The number of halogens is 2. The molecular formula is C20H33Cl2N3O2. The minimum absolute atomic E-state index is 0. The van der Waals surface area contributed by atoms with Gasteiger partial charge >= 0.3 is 0 Å². The summed E-state index contributed by atoms with van der Waals surface area (Å²) >= 11 is 0. The van der Waals surface area contributed by atoms with Crippen molar-refractivity contribution in [2.75, 3.05) is 51.3 Å². The number of ether oxygens (including phenoxy) is 1. The normalized spacial score (nSPS) is 18.8. The summed E-state index contributed by atoms with van der Waals surface area (Å²) in [5.74, 6) is 0.0132. The highest BCUT2D eigenvalue weighted by Crippen LogP contribution is 2.28. The van der Waals surface area contributed by atoms with Crippen molar-refractivity contribution < 1.29 is 9.53 Å². The Morgan fingerprint density at radius 2 is 1.74 bits per heavy atom. The molecule has 154 valence electrons. The molecule has 1 aromatic rings. The van der Waals surface area contributed by atoms with Crippen LogP contribution in [0.2, 0.25) is 0 Å². The summed E-state index contributed by atoms with van der Waals surface area (Å²) in [6, 6.07) is 8.06. The number of amides is 1. The van der Waals surface area contributed by atoms with Crippen LogP contribution >= 0.6 is 24.8 Å². The number of benzene rings is 1. The van der Waals surface area contributed by atoms with Crippen molar-refractivity contribution in [2.24, 2.45) is 5.41 Å². The molecule has 0 unspecified atom stereocenters. The second kappa shape index (κ2) is 11.7. The fraction of sp³-hybridized carbons (Fsp3) is 0.650. The Labute approximate surface area is 175 Å². The lowest BCUT2D eigenvalue weighted by molar-refractivity contribution is 0.0512. The van der Waals surface area contributed by atoms with Gasteiger partial charge in [-0.05, 0) is 69.5 Å². The molecule has 1 amide bonds. The number of carbonyl (C=O) groups excluding carboxylic acids is 1. The zero-order chi connectivity index (χ0) is 17.5.